The largest absolute Gasteiger partial charge is 0.481 e. The zero-order chi connectivity index (χ0) is 20.3. The van der Waals surface area contributed by atoms with Gasteiger partial charge < -0.3 is 14.6 Å². The van der Waals surface area contributed by atoms with E-state index in [4.69, 9.17) is 4.74 Å². The summed E-state index contributed by atoms with van der Waals surface area (Å²) >= 11 is 0. The third-order valence-corrected chi connectivity index (χ3v) is 4.54. The summed E-state index contributed by atoms with van der Waals surface area (Å²) in [5, 5.41) is 0.532. The van der Waals surface area contributed by atoms with Gasteiger partial charge in [-0.2, -0.15) is 0 Å². The minimum Gasteiger partial charge on any atom is -0.481 e. The number of ether oxygens (including phenoxy) is 1. The molecule has 0 aliphatic rings. The molecule has 1 atom stereocenters. The second kappa shape index (κ2) is 8.25. The van der Waals surface area contributed by atoms with Crippen LogP contribution < -0.4 is 10.3 Å². The molecule has 0 aliphatic heterocycles. The van der Waals surface area contributed by atoms with Crippen LogP contribution in [-0.4, -0.2) is 32.9 Å². The van der Waals surface area contributed by atoms with Crippen LogP contribution in [0.4, 0.5) is 0 Å². The number of carbonyl (C=O) groups is 1. The lowest BCUT2D eigenvalue weighted by molar-refractivity contribution is -0.140. The number of hydrogen-bond acceptors (Lipinski definition) is 4. The molecule has 28 heavy (non-hydrogen) atoms. The van der Waals surface area contributed by atoms with Crippen molar-refractivity contribution >= 4 is 16.8 Å². The molecule has 1 amide bonds. The summed E-state index contributed by atoms with van der Waals surface area (Å²) in [5.74, 6) is 0.947. The Hall–Kier alpha value is -3.15. The number of aromatic nitrogens is 2. The van der Waals surface area contributed by atoms with Crippen LogP contribution in [0.15, 0.2) is 53.3 Å². The van der Waals surface area contributed by atoms with Crippen LogP contribution in [0.3, 0.4) is 0 Å². The number of benzene rings is 2. The topological polar surface area (TPSA) is 75.3 Å². The van der Waals surface area contributed by atoms with Gasteiger partial charge in [0, 0.05) is 6.04 Å². The third kappa shape index (κ3) is 4.39. The molecule has 0 saturated carbocycles. The SMILES string of the molecule is Cc1cccc(OC(C)C(=O)N(Cc2nc3ccccc3c(=O)[nH]2)C(C)C)c1. The lowest BCUT2D eigenvalue weighted by Gasteiger charge is -2.29. The van der Waals surface area contributed by atoms with Crippen molar-refractivity contribution in [3.05, 3.63) is 70.3 Å². The van der Waals surface area contributed by atoms with Crippen LogP contribution in [0.5, 0.6) is 5.75 Å². The Bertz CT molecular complexity index is 1040. The molecule has 3 rings (SSSR count). The van der Waals surface area contributed by atoms with Crippen molar-refractivity contribution in [3.63, 3.8) is 0 Å². The standard InChI is InChI=1S/C22H25N3O3/c1-14(2)25(22(27)16(4)28-17-9-7-8-15(3)12-17)13-20-23-19-11-6-5-10-18(19)21(26)24-20/h5-12,14,16H,13H2,1-4H3,(H,23,24,26). The average molecular weight is 379 g/mol. The van der Waals surface area contributed by atoms with E-state index in [1.807, 2.05) is 51.1 Å². The first kappa shape index (κ1) is 19.6. The molecular formula is C22H25N3O3. The fourth-order valence-electron chi connectivity index (χ4n) is 3.06. The molecular weight excluding hydrogens is 354 g/mol. The van der Waals surface area contributed by atoms with E-state index in [0.29, 0.717) is 22.5 Å². The van der Waals surface area contributed by atoms with Gasteiger partial charge in [0.15, 0.2) is 6.10 Å². The Morgan fingerprint density at radius 1 is 1.14 bits per heavy atom. The highest BCUT2D eigenvalue weighted by Crippen LogP contribution is 2.17. The van der Waals surface area contributed by atoms with E-state index in [1.165, 1.54) is 0 Å². The summed E-state index contributed by atoms with van der Waals surface area (Å²) in [7, 11) is 0. The molecule has 0 fully saturated rings. The smallest absolute Gasteiger partial charge is 0.263 e. The molecule has 0 aliphatic carbocycles. The summed E-state index contributed by atoms with van der Waals surface area (Å²) in [6.45, 7) is 7.77. The Balaban J connectivity index is 1.81. The van der Waals surface area contributed by atoms with Crippen LogP contribution in [0.1, 0.15) is 32.2 Å². The minimum atomic E-state index is -0.656. The van der Waals surface area contributed by atoms with Gasteiger partial charge in [0.25, 0.3) is 11.5 Å². The lowest BCUT2D eigenvalue weighted by atomic mass is 10.2. The van der Waals surface area contributed by atoms with E-state index >= 15 is 0 Å². The van der Waals surface area contributed by atoms with Crippen molar-refractivity contribution in [2.45, 2.75) is 46.4 Å². The highest BCUT2D eigenvalue weighted by atomic mass is 16.5. The van der Waals surface area contributed by atoms with Crippen molar-refractivity contribution in [1.82, 2.24) is 14.9 Å². The highest BCUT2D eigenvalue weighted by Gasteiger charge is 2.25. The van der Waals surface area contributed by atoms with Gasteiger partial charge in [-0.1, -0.05) is 24.3 Å². The van der Waals surface area contributed by atoms with Crippen LogP contribution >= 0.6 is 0 Å². The summed E-state index contributed by atoms with van der Waals surface area (Å²) in [6.07, 6.45) is -0.656. The fraction of sp³-hybridized carbons (Fsp3) is 0.318. The van der Waals surface area contributed by atoms with Gasteiger partial charge in [0.05, 0.1) is 17.4 Å². The average Bonchev–Trinajstić information content (AvgIpc) is 2.65. The number of aryl methyl sites for hydroxylation is 1. The van der Waals surface area contributed by atoms with Crippen molar-refractivity contribution < 1.29 is 9.53 Å². The predicted molar refractivity (Wildman–Crippen MR) is 109 cm³/mol. The lowest BCUT2D eigenvalue weighted by Crippen LogP contribution is -2.44. The van der Waals surface area contributed by atoms with Gasteiger partial charge in [-0.05, 0) is 57.5 Å². The molecule has 0 spiro atoms. The van der Waals surface area contributed by atoms with Gasteiger partial charge in [-0.25, -0.2) is 4.98 Å². The molecule has 6 heteroatoms. The van der Waals surface area contributed by atoms with E-state index in [2.05, 4.69) is 9.97 Å². The van der Waals surface area contributed by atoms with Crippen LogP contribution in [-0.2, 0) is 11.3 Å². The number of nitrogens with one attached hydrogen (secondary N) is 1. The maximum absolute atomic E-state index is 13.0. The normalized spacial score (nSPS) is 12.2. The Kier molecular flexibility index (Phi) is 5.78. The van der Waals surface area contributed by atoms with E-state index in [1.54, 1.807) is 30.0 Å². The van der Waals surface area contributed by atoms with Gasteiger partial charge in [-0.3, -0.25) is 9.59 Å². The predicted octanol–water partition coefficient (Wildman–Crippen LogP) is 3.44. The number of para-hydroxylation sites is 1. The van der Waals surface area contributed by atoms with E-state index < -0.39 is 6.10 Å². The number of hydrogen-bond donors (Lipinski definition) is 1. The van der Waals surface area contributed by atoms with Crippen LogP contribution in [0.2, 0.25) is 0 Å². The molecule has 1 N–H and O–H groups in total. The molecule has 6 nitrogen and oxygen atoms in total. The summed E-state index contributed by atoms with van der Waals surface area (Å²) < 4.78 is 5.84. The number of nitrogens with zero attached hydrogens (tertiary/aromatic N) is 2. The molecule has 3 aromatic rings. The quantitative estimate of drug-likeness (QED) is 0.712. The van der Waals surface area contributed by atoms with E-state index in [-0.39, 0.29) is 24.1 Å². The van der Waals surface area contributed by atoms with Crippen LogP contribution in [0, 0.1) is 6.92 Å². The maximum atomic E-state index is 13.0. The number of amides is 1. The molecule has 1 heterocycles. The van der Waals surface area contributed by atoms with Gasteiger partial charge in [0.1, 0.15) is 11.6 Å². The zero-order valence-corrected chi connectivity index (χ0v) is 16.6. The minimum absolute atomic E-state index is 0.0761. The molecule has 1 unspecified atom stereocenters. The Labute approximate surface area is 164 Å². The summed E-state index contributed by atoms with van der Waals surface area (Å²) in [4.78, 5) is 34.3. The van der Waals surface area contributed by atoms with Crippen molar-refractivity contribution in [2.24, 2.45) is 0 Å². The second-order valence-electron chi connectivity index (χ2n) is 7.17. The number of carbonyl (C=O) groups excluding carboxylic acids is 1. The molecule has 0 bridgehead atoms. The number of H-pyrrole nitrogens is 1. The monoisotopic (exact) mass is 379 g/mol. The first-order valence-electron chi connectivity index (χ1n) is 9.37. The first-order chi connectivity index (χ1) is 13.3. The van der Waals surface area contributed by atoms with Crippen LogP contribution in [0.25, 0.3) is 10.9 Å². The fourth-order valence-corrected chi connectivity index (χ4v) is 3.06. The molecule has 0 radical (unpaired) electrons. The third-order valence-electron chi connectivity index (χ3n) is 4.54. The Morgan fingerprint density at radius 3 is 2.61 bits per heavy atom. The molecule has 1 aromatic heterocycles. The summed E-state index contributed by atoms with van der Waals surface area (Å²) in [5.41, 5.74) is 1.47. The maximum Gasteiger partial charge on any atom is 0.263 e. The summed E-state index contributed by atoms with van der Waals surface area (Å²) in [6, 6.07) is 14.7. The molecule has 0 saturated heterocycles. The van der Waals surface area contributed by atoms with E-state index in [9.17, 15) is 9.59 Å². The van der Waals surface area contributed by atoms with Crippen molar-refractivity contribution in [3.8, 4) is 5.75 Å². The number of rotatable bonds is 6. The first-order valence-corrected chi connectivity index (χ1v) is 9.37. The van der Waals surface area contributed by atoms with Crippen molar-refractivity contribution in [1.29, 1.82) is 0 Å². The Morgan fingerprint density at radius 2 is 1.89 bits per heavy atom. The number of fused-ring (bicyclic) bond motifs is 1. The molecule has 146 valence electrons. The van der Waals surface area contributed by atoms with E-state index in [0.717, 1.165) is 5.56 Å². The van der Waals surface area contributed by atoms with Gasteiger partial charge in [-0.15, -0.1) is 0 Å². The zero-order valence-electron chi connectivity index (χ0n) is 16.6. The molecule has 2 aromatic carbocycles. The number of aromatic amines is 1. The van der Waals surface area contributed by atoms with Gasteiger partial charge in [0.2, 0.25) is 0 Å². The van der Waals surface area contributed by atoms with Gasteiger partial charge >= 0.3 is 0 Å². The highest BCUT2D eigenvalue weighted by molar-refractivity contribution is 5.81. The second-order valence-corrected chi connectivity index (χ2v) is 7.17. The van der Waals surface area contributed by atoms with Crippen molar-refractivity contribution in [2.75, 3.05) is 0 Å².